The molecule has 1 amide bonds. The fourth-order valence-corrected chi connectivity index (χ4v) is 1.45. The molecule has 6 nitrogen and oxygen atoms in total. The summed E-state index contributed by atoms with van der Waals surface area (Å²) in [5, 5.41) is 11.4. The van der Waals surface area contributed by atoms with Crippen molar-refractivity contribution in [1.82, 2.24) is 9.97 Å². The number of amides is 1. The van der Waals surface area contributed by atoms with E-state index in [0.29, 0.717) is 5.69 Å². The van der Waals surface area contributed by atoms with E-state index in [1.165, 1.54) is 12.1 Å². The molecule has 0 bridgehead atoms. The fourth-order valence-electron chi connectivity index (χ4n) is 1.45. The van der Waals surface area contributed by atoms with Gasteiger partial charge in [0.15, 0.2) is 0 Å². The van der Waals surface area contributed by atoms with E-state index >= 15 is 0 Å². The first kappa shape index (κ1) is 12.7. The lowest BCUT2D eigenvalue weighted by Gasteiger charge is -2.07. The normalized spacial score (nSPS) is 9.95. The van der Waals surface area contributed by atoms with Crippen molar-refractivity contribution >= 4 is 17.6 Å². The van der Waals surface area contributed by atoms with Gasteiger partial charge in [-0.25, -0.2) is 4.79 Å². The van der Waals surface area contributed by atoms with Gasteiger partial charge in [0.1, 0.15) is 5.69 Å². The third-order valence-electron chi connectivity index (χ3n) is 2.51. The minimum atomic E-state index is -1.08. The standard InChI is InChI=1S/C13H11N3O3/c1-8-6-14-5-4-10(8)16-12(17)11-3-2-9(7-15-11)13(18)19/h2-7H,1H3,(H,18,19)(H,14,16,17). The third-order valence-corrected chi connectivity index (χ3v) is 2.51. The second-order valence-electron chi connectivity index (χ2n) is 3.88. The number of nitrogens with zero attached hydrogens (tertiary/aromatic N) is 2. The third kappa shape index (κ3) is 2.92. The molecule has 0 aliphatic rings. The molecule has 0 spiro atoms. The van der Waals surface area contributed by atoms with E-state index in [2.05, 4.69) is 15.3 Å². The predicted octanol–water partition coefficient (Wildman–Crippen LogP) is 1.74. The van der Waals surface area contributed by atoms with Gasteiger partial charge in [-0.3, -0.25) is 14.8 Å². The maximum atomic E-state index is 11.9. The Morgan fingerprint density at radius 1 is 1.21 bits per heavy atom. The first-order chi connectivity index (χ1) is 9.08. The zero-order valence-corrected chi connectivity index (χ0v) is 10.1. The Balaban J connectivity index is 2.16. The largest absolute Gasteiger partial charge is 0.478 e. The van der Waals surface area contributed by atoms with Crippen molar-refractivity contribution in [1.29, 1.82) is 0 Å². The van der Waals surface area contributed by atoms with Gasteiger partial charge in [0, 0.05) is 24.3 Å². The minimum absolute atomic E-state index is 0.0386. The van der Waals surface area contributed by atoms with E-state index in [9.17, 15) is 9.59 Å². The molecule has 0 saturated heterocycles. The van der Waals surface area contributed by atoms with Crippen LogP contribution in [0.1, 0.15) is 26.4 Å². The van der Waals surface area contributed by atoms with Gasteiger partial charge in [-0.15, -0.1) is 0 Å². The summed E-state index contributed by atoms with van der Waals surface area (Å²) in [4.78, 5) is 30.3. The molecule has 96 valence electrons. The van der Waals surface area contributed by atoms with Crippen LogP contribution in [0.4, 0.5) is 5.69 Å². The Morgan fingerprint density at radius 3 is 2.58 bits per heavy atom. The average molecular weight is 257 g/mol. The van der Waals surface area contributed by atoms with Crippen LogP contribution in [-0.2, 0) is 0 Å². The van der Waals surface area contributed by atoms with Gasteiger partial charge >= 0.3 is 5.97 Å². The van der Waals surface area contributed by atoms with Crippen molar-refractivity contribution in [2.75, 3.05) is 5.32 Å². The number of rotatable bonds is 3. The summed E-state index contributed by atoms with van der Waals surface area (Å²) in [5.41, 5.74) is 1.67. The van der Waals surface area contributed by atoms with Crippen molar-refractivity contribution in [3.8, 4) is 0 Å². The van der Waals surface area contributed by atoms with E-state index in [-0.39, 0.29) is 11.3 Å². The molecule has 0 fully saturated rings. The molecule has 0 atom stereocenters. The van der Waals surface area contributed by atoms with Crippen molar-refractivity contribution in [3.63, 3.8) is 0 Å². The van der Waals surface area contributed by atoms with Crippen LogP contribution in [0.3, 0.4) is 0 Å². The second kappa shape index (κ2) is 5.26. The second-order valence-corrected chi connectivity index (χ2v) is 3.88. The number of carboxylic acid groups (broad SMARTS) is 1. The zero-order valence-electron chi connectivity index (χ0n) is 10.1. The number of aromatic nitrogens is 2. The molecule has 2 heterocycles. The first-order valence-corrected chi connectivity index (χ1v) is 5.49. The van der Waals surface area contributed by atoms with Crippen LogP contribution < -0.4 is 5.32 Å². The number of hydrogen-bond donors (Lipinski definition) is 2. The summed E-state index contributed by atoms with van der Waals surface area (Å²) < 4.78 is 0. The molecule has 0 aliphatic heterocycles. The molecule has 2 aromatic rings. The predicted molar refractivity (Wildman–Crippen MR) is 68.1 cm³/mol. The number of anilines is 1. The maximum Gasteiger partial charge on any atom is 0.337 e. The van der Waals surface area contributed by atoms with Gasteiger partial charge in [0.2, 0.25) is 0 Å². The first-order valence-electron chi connectivity index (χ1n) is 5.49. The molecule has 0 aromatic carbocycles. The van der Waals surface area contributed by atoms with Crippen LogP contribution >= 0.6 is 0 Å². The number of nitrogens with one attached hydrogen (secondary N) is 1. The number of carboxylic acids is 1. The Morgan fingerprint density at radius 2 is 2.00 bits per heavy atom. The highest BCUT2D eigenvalue weighted by atomic mass is 16.4. The lowest BCUT2D eigenvalue weighted by molar-refractivity contribution is 0.0696. The van der Waals surface area contributed by atoms with Crippen LogP contribution in [-0.4, -0.2) is 27.0 Å². The average Bonchev–Trinajstić information content (AvgIpc) is 2.41. The summed E-state index contributed by atoms with van der Waals surface area (Å²) in [5.74, 6) is -1.48. The minimum Gasteiger partial charge on any atom is -0.478 e. The summed E-state index contributed by atoms with van der Waals surface area (Å²) in [6.45, 7) is 1.82. The molecule has 0 aliphatic carbocycles. The van der Waals surface area contributed by atoms with E-state index in [1.807, 2.05) is 6.92 Å². The molecule has 0 saturated carbocycles. The molecule has 19 heavy (non-hydrogen) atoms. The van der Waals surface area contributed by atoms with Gasteiger partial charge in [-0.05, 0) is 30.7 Å². The Bertz CT molecular complexity index is 623. The Kier molecular flexibility index (Phi) is 3.51. The molecule has 0 unspecified atom stereocenters. The molecule has 6 heteroatoms. The molecular formula is C13H11N3O3. The van der Waals surface area contributed by atoms with Crippen molar-refractivity contribution in [2.24, 2.45) is 0 Å². The number of carbonyl (C=O) groups excluding carboxylic acids is 1. The highest BCUT2D eigenvalue weighted by Crippen LogP contribution is 2.12. The SMILES string of the molecule is Cc1cnccc1NC(=O)c1ccc(C(=O)O)cn1. The summed E-state index contributed by atoms with van der Waals surface area (Å²) in [7, 11) is 0. The number of hydrogen-bond acceptors (Lipinski definition) is 4. The van der Waals surface area contributed by atoms with E-state index < -0.39 is 11.9 Å². The monoisotopic (exact) mass is 257 g/mol. The quantitative estimate of drug-likeness (QED) is 0.873. The van der Waals surface area contributed by atoms with Gasteiger partial charge in [0.05, 0.1) is 5.56 Å². The molecule has 2 aromatic heterocycles. The summed E-state index contributed by atoms with van der Waals surface area (Å²) in [6.07, 6.45) is 4.36. The van der Waals surface area contributed by atoms with Gasteiger partial charge in [-0.2, -0.15) is 0 Å². The maximum absolute atomic E-state index is 11.9. The van der Waals surface area contributed by atoms with Gasteiger partial charge in [0.25, 0.3) is 5.91 Å². The Hall–Kier alpha value is -2.76. The molecular weight excluding hydrogens is 246 g/mol. The van der Waals surface area contributed by atoms with Crippen molar-refractivity contribution in [2.45, 2.75) is 6.92 Å². The molecule has 2 rings (SSSR count). The fraction of sp³-hybridized carbons (Fsp3) is 0.0769. The number of pyridine rings is 2. The van der Waals surface area contributed by atoms with Crippen molar-refractivity contribution < 1.29 is 14.7 Å². The van der Waals surface area contributed by atoms with Crippen LogP contribution in [0.25, 0.3) is 0 Å². The van der Waals surface area contributed by atoms with Gasteiger partial charge < -0.3 is 10.4 Å². The highest BCUT2D eigenvalue weighted by molar-refractivity contribution is 6.03. The van der Waals surface area contributed by atoms with Crippen LogP contribution in [0.5, 0.6) is 0 Å². The van der Waals surface area contributed by atoms with Crippen LogP contribution in [0.2, 0.25) is 0 Å². The highest BCUT2D eigenvalue weighted by Gasteiger charge is 2.10. The van der Waals surface area contributed by atoms with Crippen LogP contribution in [0, 0.1) is 6.92 Å². The number of aromatic carboxylic acids is 1. The summed E-state index contributed by atoms with van der Waals surface area (Å²) in [6, 6.07) is 4.39. The van der Waals surface area contributed by atoms with E-state index in [0.717, 1.165) is 11.8 Å². The smallest absolute Gasteiger partial charge is 0.337 e. The topological polar surface area (TPSA) is 92.2 Å². The lowest BCUT2D eigenvalue weighted by atomic mass is 10.2. The zero-order chi connectivity index (χ0) is 13.8. The lowest BCUT2D eigenvalue weighted by Crippen LogP contribution is -2.14. The summed E-state index contributed by atoms with van der Waals surface area (Å²) >= 11 is 0. The number of aryl methyl sites for hydroxylation is 1. The Labute approximate surface area is 109 Å². The van der Waals surface area contributed by atoms with Crippen LogP contribution in [0.15, 0.2) is 36.8 Å². The number of carbonyl (C=O) groups is 2. The van der Waals surface area contributed by atoms with E-state index in [1.54, 1.807) is 18.5 Å². The van der Waals surface area contributed by atoms with Crippen molar-refractivity contribution in [3.05, 3.63) is 53.6 Å². The molecule has 0 radical (unpaired) electrons. The molecule has 2 N–H and O–H groups in total. The van der Waals surface area contributed by atoms with Gasteiger partial charge in [-0.1, -0.05) is 0 Å². The van der Waals surface area contributed by atoms with E-state index in [4.69, 9.17) is 5.11 Å².